The molecule has 0 heterocycles. The second kappa shape index (κ2) is 5.75. The van der Waals surface area contributed by atoms with Gasteiger partial charge in [-0.1, -0.05) is 11.6 Å². The number of nitrogens with zero attached hydrogens (tertiary/aromatic N) is 1. The first-order valence-electron chi connectivity index (χ1n) is 4.56. The van der Waals surface area contributed by atoms with E-state index in [2.05, 4.69) is 10.1 Å². The topological polar surface area (TPSA) is 45.0 Å². The molecule has 0 aliphatic carbocycles. The van der Waals surface area contributed by atoms with Crippen LogP contribution < -0.4 is 5.32 Å². The molecule has 0 aliphatic heterocycles. The van der Waals surface area contributed by atoms with Gasteiger partial charge in [-0.25, -0.2) is 0 Å². The van der Waals surface area contributed by atoms with Crippen LogP contribution in [0, 0.1) is 11.3 Å². The summed E-state index contributed by atoms with van der Waals surface area (Å²) in [4.78, 5) is 0. The van der Waals surface area contributed by atoms with Crippen molar-refractivity contribution in [3.8, 4) is 6.07 Å². The number of anilines is 1. The van der Waals surface area contributed by atoms with Gasteiger partial charge in [0.05, 0.1) is 28.9 Å². The Labute approximate surface area is 101 Å². The number of hydrogen-bond acceptors (Lipinski definition) is 3. The van der Waals surface area contributed by atoms with Gasteiger partial charge in [-0.05, 0) is 18.2 Å². The van der Waals surface area contributed by atoms with E-state index < -0.39 is 13.0 Å². The van der Waals surface area contributed by atoms with Crippen LogP contribution in [-0.2, 0) is 4.74 Å². The Hall–Kier alpha value is -1.45. The van der Waals surface area contributed by atoms with Crippen LogP contribution in [0.2, 0.25) is 5.02 Å². The van der Waals surface area contributed by atoms with Crippen LogP contribution in [-0.4, -0.2) is 19.5 Å². The average molecular weight is 265 g/mol. The molecule has 17 heavy (non-hydrogen) atoms. The average Bonchev–Trinajstić information content (AvgIpc) is 2.24. The molecule has 1 N–H and O–H groups in total. The van der Waals surface area contributed by atoms with Crippen LogP contribution in [0.5, 0.6) is 0 Å². The lowest BCUT2D eigenvalue weighted by Crippen LogP contribution is -2.19. The summed E-state index contributed by atoms with van der Waals surface area (Å²) in [5.74, 6) is 0. The van der Waals surface area contributed by atoms with Gasteiger partial charge in [-0.15, -0.1) is 13.2 Å². The summed E-state index contributed by atoms with van der Waals surface area (Å²) < 4.78 is 38.5. The third-order valence-corrected chi connectivity index (χ3v) is 2.09. The summed E-state index contributed by atoms with van der Waals surface area (Å²) in [5, 5.41) is 11.5. The molecular formula is C10H8ClF3N2O. The number of ether oxygens (including phenoxy) is 1. The Kier molecular flexibility index (Phi) is 4.61. The van der Waals surface area contributed by atoms with Crippen molar-refractivity contribution in [2.24, 2.45) is 0 Å². The first kappa shape index (κ1) is 13.6. The number of nitrogens with one attached hydrogen (secondary N) is 1. The first-order valence-corrected chi connectivity index (χ1v) is 4.94. The summed E-state index contributed by atoms with van der Waals surface area (Å²) in [6.45, 7) is -0.551. The highest BCUT2D eigenvalue weighted by Gasteiger charge is 2.28. The van der Waals surface area contributed by atoms with Gasteiger partial charge in [-0.3, -0.25) is 4.74 Å². The van der Waals surface area contributed by atoms with Crippen LogP contribution in [0.3, 0.4) is 0 Å². The molecule has 0 saturated heterocycles. The molecule has 0 aromatic heterocycles. The molecule has 0 saturated carbocycles. The van der Waals surface area contributed by atoms with Crippen LogP contribution >= 0.6 is 11.6 Å². The molecule has 0 spiro atoms. The van der Waals surface area contributed by atoms with Crippen molar-refractivity contribution in [1.29, 1.82) is 5.26 Å². The van der Waals surface area contributed by atoms with Crippen molar-refractivity contribution < 1.29 is 17.9 Å². The lowest BCUT2D eigenvalue weighted by Gasteiger charge is -2.10. The molecule has 0 unspecified atom stereocenters. The minimum absolute atomic E-state index is 0.0366. The van der Waals surface area contributed by atoms with Gasteiger partial charge in [0.15, 0.2) is 0 Å². The fourth-order valence-corrected chi connectivity index (χ4v) is 1.33. The van der Waals surface area contributed by atoms with Crippen LogP contribution in [0.1, 0.15) is 5.56 Å². The number of alkyl halides is 3. The Balaban J connectivity index is 2.45. The van der Waals surface area contributed by atoms with E-state index in [0.717, 1.165) is 0 Å². The Morgan fingerprint density at radius 3 is 2.65 bits per heavy atom. The predicted octanol–water partition coefficient (Wildman–Crippen LogP) is 3.16. The maximum absolute atomic E-state index is 11.6. The molecule has 3 nitrogen and oxygen atoms in total. The van der Waals surface area contributed by atoms with E-state index in [1.54, 1.807) is 0 Å². The largest absolute Gasteiger partial charge is 0.522 e. The van der Waals surface area contributed by atoms with Crippen molar-refractivity contribution in [2.75, 3.05) is 18.5 Å². The molecule has 0 bridgehead atoms. The number of halogens is 4. The van der Waals surface area contributed by atoms with E-state index in [1.807, 2.05) is 6.07 Å². The van der Waals surface area contributed by atoms with Gasteiger partial charge >= 0.3 is 6.36 Å². The Bertz CT molecular complexity index is 429. The SMILES string of the molecule is N#Cc1ccc(NCCOC(F)(F)F)c(Cl)c1. The highest BCUT2D eigenvalue weighted by Crippen LogP contribution is 2.22. The van der Waals surface area contributed by atoms with Gasteiger partial charge < -0.3 is 5.32 Å². The van der Waals surface area contributed by atoms with E-state index >= 15 is 0 Å². The van der Waals surface area contributed by atoms with Crippen molar-refractivity contribution in [3.05, 3.63) is 28.8 Å². The molecule has 0 atom stereocenters. The number of hydrogen-bond donors (Lipinski definition) is 1. The van der Waals surface area contributed by atoms with Crippen LogP contribution in [0.15, 0.2) is 18.2 Å². The van der Waals surface area contributed by atoms with Gasteiger partial charge in [-0.2, -0.15) is 5.26 Å². The molecule has 1 aromatic carbocycles. The Morgan fingerprint density at radius 2 is 2.12 bits per heavy atom. The number of rotatable bonds is 4. The van der Waals surface area contributed by atoms with E-state index in [-0.39, 0.29) is 11.6 Å². The lowest BCUT2D eigenvalue weighted by atomic mass is 10.2. The predicted molar refractivity (Wildman–Crippen MR) is 56.7 cm³/mol. The van der Waals surface area contributed by atoms with Gasteiger partial charge in [0.2, 0.25) is 0 Å². The molecule has 0 amide bonds. The van der Waals surface area contributed by atoms with Crippen molar-refractivity contribution in [1.82, 2.24) is 0 Å². The molecule has 0 fully saturated rings. The quantitative estimate of drug-likeness (QED) is 0.850. The summed E-state index contributed by atoms with van der Waals surface area (Å²) in [6, 6.07) is 6.36. The Morgan fingerprint density at radius 1 is 1.41 bits per heavy atom. The van der Waals surface area contributed by atoms with Gasteiger partial charge in [0.25, 0.3) is 0 Å². The first-order chi connectivity index (χ1) is 7.92. The monoisotopic (exact) mass is 264 g/mol. The second-order valence-electron chi connectivity index (χ2n) is 3.03. The molecule has 7 heteroatoms. The lowest BCUT2D eigenvalue weighted by molar-refractivity contribution is -0.322. The zero-order valence-electron chi connectivity index (χ0n) is 8.51. The van der Waals surface area contributed by atoms with E-state index in [9.17, 15) is 13.2 Å². The van der Waals surface area contributed by atoms with Crippen LogP contribution in [0.25, 0.3) is 0 Å². The summed E-state index contributed by atoms with van der Waals surface area (Å²) >= 11 is 5.80. The highest BCUT2D eigenvalue weighted by atomic mass is 35.5. The van der Waals surface area contributed by atoms with E-state index in [0.29, 0.717) is 11.3 Å². The molecular weight excluding hydrogens is 257 g/mol. The summed E-state index contributed by atoms with van der Waals surface area (Å²) in [6.07, 6.45) is -4.63. The molecule has 0 radical (unpaired) electrons. The second-order valence-corrected chi connectivity index (χ2v) is 3.43. The molecule has 1 aromatic rings. The molecule has 1 rings (SSSR count). The van der Waals surface area contributed by atoms with Crippen molar-refractivity contribution >= 4 is 17.3 Å². The number of nitriles is 1. The minimum atomic E-state index is -4.63. The normalized spacial score (nSPS) is 11.0. The fraction of sp³-hybridized carbons (Fsp3) is 0.300. The van der Waals surface area contributed by atoms with Crippen molar-refractivity contribution in [3.63, 3.8) is 0 Å². The smallest absolute Gasteiger partial charge is 0.382 e. The summed E-state index contributed by atoms with van der Waals surface area (Å²) in [5.41, 5.74) is 0.837. The zero-order valence-corrected chi connectivity index (χ0v) is 9.27. The van der Waals surface area contributed by atoms with Gasteiger partial charge in [0, 0.05) is 6.54 Å². The summed E-state index contributed by atoms with van der Waals surface area (Å²) in [7, 11) is 0. The maximum Gasteiger partial charge on any atom is 0.522 e. The third kappa shape index (κ3) is 4.93. The standard InChI is InChI=1S/C10H8ClF3N2O/c11-8-5-7(6-15)1-2-9(8)16-3-4-17-10(12,13)14/h1-2,5,16H,3-4H2. The van der Waals surface area contributed by atoms with Crippen LogP contribution in [0.4, 0.5) is 18.9 Å². The minimum Gasteiger partial charge on any atom is -0.382 e. The van der Waals surface area contributed by atoms with Gasteiger partial charge in [0.1, 0.15) is 0 Å². The van der Waals surface area contributed by atoms with Crippen molar-refractivity contribution in [2.45, 2.75) is 6.36 Å². The molecule has 92 valence electrons. The third-order valence-electron chi connectivity index (χ3n) is 1.78. The molecule has 0 aliphatic rings. The maximum atomic E-state index is 11.6. The zero-order chi connectivity index (χ0) is 12.9. The van der Waals surface area contributed by atoms with E-state index in [1.165, 1.54) is 18.2 Å². The fourth-order valence-electron chi connectivity index (χ4n) is 1.08. The van der Waals surface area contributed by atoms with E-state index in [4.69, 9.17) is 16.9 Å². The highest BCUT2D eigenvalue weighted by molar-refractivity contribution is 6.33. The number of benzene rings is 1.